The number of urea groups is 1. The number of aliphatic carboxylic acids is 1. The Balaban J connectivity index is 1.75. The maximum atomic E-state index is 12.2. The van der Waals surface area contributed by atoms with E-state index in [9.17, 15) is 9.59 Å². The summed E-state index contributed by atoms with van der Waals surface area (Å²) in [7, 11) is 0. The molecule has 0 aromatic heterocycles. The highest BCUT2D eigenvalue weighted by atomic mass is 16.4. The summed E-state index contributed by atoms with van der Waals surface area (Å²) in [5.41, 5.74) is 0. The van der Waals surface area contributed by atoms with Gasteiger partial charge in [0.1, 0.15) is 0 Å². The number of rotatable bonds is 5. The fraction of sp³-hybridized carbons (Fsp3) is 0.867. The van der Waals surface area contributed by atoms with Gasteiger partial charge >= 0.3 is 12.0 Å². The highest BCUT2D eigenvalue weighted by molar-refractivity contribution is 5.75. The zero-order valence-electron chi connectivity index (χ0n) is 13.2. The smallest absolute Gasteiger partial charge is 0.317 e. The molecule has 2 fully saturated rings. The van der Waals surface area contributed by atoms with Gasteiger partial charge in [-0.3, -0.25) is 9.69 Å². The highest BCUT2D eigenvalue weighted by Gasteiger charge is 2.37. The lowest BCUT2D eigenvalue weighted by atomic mass is 9.85. The molecule has 0 aromatic rings. The number of carboxylic acid groups (broad SMARTS) is 1. The highest BCUT2D eigenvalue weighted by Crippen LogP contribution is 2.27. The second-order valence-corrected chi connectivity index (χ2v) is 6.43. The van der Waals surface area contributed by atoms with E-state index in [0.29, 0.717) is 12.0 Å². The van der Waals surface area contributed by atoms with Gasteiger partial charge in [0.2, 0.25) is 0 Å². The lowest BCUT2D eigenvalue weighted by Gasteiger charge is -2.42. The molecule has 0 bridgehead atoms. The number of likely N-dealkylation sites (tertiary alicyclic amines) is 1. The minimum Gasteiger partial charge on any atom is -0.480 e. The number of carboxylic acids is 1. The molecule has 1 heterocycles. The number of amides is 2. The molecule has 6 heteroatoms. The standard InChI is InChI=1S/C15H27N3O3/c1-4-17(9-14(19)20)13-7-12(8-13)16-15(21)18-6-5-10(2)11(18)3/h10-13H,4-9H2,1-3H3,(H,16,21)(H,19,20). The summed E-state index contributed by atoms with van der Waals surface area (Å²) in [4.78, 5) is 26.9. The second-order valence-electron chi connectivity index (χ2n) is 6.43. The van der Waals surface area contributed by atoms with Crippen LogP contribution in [0.1, 0.15) is 40.0 Å². The fourth-order valence-electron chi connectivity index (χ4n) is 3.32. The van der Waals surface area contributed by atoms with Gasteiger partial charge in [0.15, 0.2) is 0 Å². The minimum absolute atomic E-state index is 0.0385. The van der Waals surface area contributed by atoms with Crippen molar-refractivity contribution >= 4 is 12.0 Å². The predicted molar refractivity (Wildman–Crippen MR) is 80.2 cm³/mol. The Hall–Kier alpha value is -1.30. The molecule has 1 aliphatic carbocycles. The Morgan fingerprint density at radius 1 is 1.33 bits per heavy atom. The average Bonchev–Trinajstić information content (AvgIpc) is 2.71. The molecule has 2 unspecified atom stereocenters. The summed E-state index contributed by atoms with van der Waals surface area (Å²) in [5, 5.41) is 12.0. The molecule has 2 atom stereocenters. The van der Waals surface area contributed by atoms with Crippen molar-refractivity contribution in [2.75, 3.05) is 19.6 Å². The molecule has 0 aromatic carbocycles. The van der Waals surface area contributed by atoms with Crippen molar-refractivity contribution in [3.8, 4) is 0 Å². The van der Waals surface area contributed by atoms with Crippen molar-refractivity contribution in [3.63, 3.8) is 0 Å². The van der Waals surface area contributed by atoms with Gasteiger partial charge in [0, 0.05) is 24.7 Å². The lowest BCUT2D eigenvalue weighted by molar-refractivity contribution is -0.139. The number of hydrogen-bond acceptors (Lipinski definition) is 3. The molecule has 2 rings (SSSR count). The third kappa shape index (κ3) is 3.67. The molecule has 1 saturated carbocycles. The summed E-state index contributed by atoms with van der Waals surface area (Å²) in [6.45, 7) is 7.92. The van der Waals surface area contributed by atoms with Crippen molar-refractivity contribution in [2.24, 2.45) is 5.92 Å². The number of nitrogens with zero attached hydrogens (tertiary/aromatic N) is 2. The predicted octanol–water partition coefficient (Wildman–Crippen LogP) is 1.36. The van der Waals surface area contributed by atoms with Crippen LogP contribution in [0.15, 0.2) is 0 Å². The summed E-state index contributed by atoms with van der Waals surface area (Å²) >= 11 is 0. The van der Waals surface area contributed by atoms with Crippen LogP contribution in [0.4, 0.5) is 4.79 Å². The zero-order valence-corrected chi connectivity index (χ0v) is 13.2. The van der Waals surface area contributed by atoms with Gasteiger partial charge in [-0.15, -0.1) is 0 Å². The van der Waals surface area contributed by atoms with Crippen molar-refractivity contribution in [3.05, 3.63) is 0 Å². The van der Waals surface area contributed by atoms with E-state index in [2.05, 4.69) is 19.2 Å². The number of hydrogen-bond donors (Lipinski definition) is 2. The molecule has 21 heavy (non-hydrogen) atoms. The Morgan fingerprint density at radius 2 is 2.00 bits per heavy atom. The third-order valence-corrected chi connectivity index (χ3v) is 5.10. The SMILES string of the molecule is CCN(CC(=O)O)C1CC(NC(=O)N2CCC(C)C2C)C1. The van der Waals surface area contributed by atoms with E-state index >= 15 is 0 Å². The second kappa shape index (κ2) is 6.64. The van der Waals surface area contributed by atoms with Crippen LogP contribution in [0.2, 0.25) is 0 Å². The third-order valence-electron chi connectivity index (χ3n) is 5.10. The molecular weight excluding hydrogens is 270 g/mol. The first-order chi connectivity index (χ1) is 9.92. The van der Waals surface area contributed by atoms with Gasteiger partial charge in [0.05, 0.1) is 6.54 Å². The normalized spacial score (nSPS) is 32.1. The zero-order chi connectivity index (χ0) is 15.6. The quantitative estimate of drug-likeness (QED) is 0.804. The molecule has 1 saturated heterocycles. The number of carbonyl (C=O) groups is 2. The number of carbonyl (C=O) groups excluding carboxylic acids is 1. The fourth-order valence-corrected chi connectivity index (χ4v) is 3.32. The van der Waals surface area contributed by atoms with Gasteiger partial charge in [-0.2, -0.15) is 0 Å². The van der Waals surface area contributed by atoms with Crippen molar-refractivity contribution in [2.45, 2.75) is 58.2 Å². The minimum atomic E-state index is -0.788. The first kappa shape index (κ1) is 16.1. The van der Waals surface area contributed by atoms with Crippen LogP contribution in [-0.2, 0) is 4.79 Å². The Bertz CT molecular complexity index is 396. The van der Waals surface area contributed by atoms with Crippen LogP contribution >= 0.6 is 0 Å². The summed E-state index contributed by atoms with van der Waals surface area (Å²) in [6.07, 6.45) is 2.78. The maximum absolute atomic E-state index is 12.2. The lowest BCUT2D eigenvalue weighted by Crippen LogP contribution is -2.57. The summed E-state index contributed by atoms with van der Waals surface area (Å²) in [5.74, 6) is -0.222. The van der Waals surface area contributed by atoms with Gasteiger partial charge in [-0.1, -0.05) is 13.8 Å². The Labute approximate surface area is 126 Å². The topological polar surface area (TPSA) is 72.9 Å². The van der Waals surface area contributed by atoms with Crippen LogP contribution in [-0.4, -0.2) is 64.7 Å². The van der Waals surface area contributed by atoms with Crippen molar-refractivity contribution in [1.82, 2.24) is 15.1 Å². The Morgan fingerprint density at radius 3 is 2.48 bits per heavy atom. The van der Waals surface area contributed by atoms with E-state index in [4.69, 9.17) is 5.11 Å². The molecule has 6 nitrogen and oxygen atoms in total. The average molecular weight is 297 g/mol. The van der Waals surface area contributed by atoms with Crippen LogP contribution in [0.3, 0.4) is 0 Å². The maximum Gasteiger partial charge on any atom is 0.317 e. The van der Waals surface area contributed by atoms with E-state index in [-0.39, 0.29) is 24.7 Å². The van der Waals surface area contributed by atoms with Gasteiger partial charge in [-0.05, 0) is 38.6 Å². The van der Waals surface area contributed by atoms with E-state index in [1.165, 1.54) is 0 Å². The van der Waals surface area contributed by atoms with E-state index in [0.717, 1.165) is 32.4 Å². The van der Waals surface area contributed by atoms with Crippen LogP contribution < -0.4 is 5.32 Å². The molecule has 2 amide bonds. The summed E-state index contributed by atoms with van der Waals surface area (Å²) < 4.78 is 0. The van der Waals surface area contributed by atoms with E-state index in [1.807, 2.05) is 16.7 Å². The van der Waals surface area contributed by atoms with Gasteiger partial charge < -0.3 is 15.3 Å². The van der Waals surface area contributed by atoms with Gasteiger partial charge in [0.25, 0.3) is 0 Å². The van der Waals surface area contributed by atoms with Gasteiger partial charge in [-0.25, -0.2) is 4.79 Å². The molecule has 120 valence electrons. The number of likely N-dealkylation sites (N-methyl/N-ethyl adjacent to an activating group) is 1. The van der Waals surface area contributed by atoms with Crippen LogP contribution in [0.25, 0.3) is 0 Å². The molecular formula is C15H27N3O3. The first-order valence-electron chi connectivity index (χ1n) is 7.95. The van der Waals surface area contributed by atoms with E-state index in [1.54, 1.807) is 0 Å². The molecule has 0 spiro atoms. The molecule has 1 aliphatic heterocycles. The Kier molecular flexibility index (Phi) is 5.08. The molecule has 2 aliphatic rings. The van der Waals surface area contributed by atoms with Crippen molar-refractivity contribution in [1.29, 1.82) is 0 Å². The molecule has 2 N–H and O–H groups in total. The van der Waals surface area contributed by atoms with E-state index < -0.39 is 5.97 Å². The van der Waals surface area contributed by atoms with Crippen LogP contribution in [0, 0.1) is 5.92 Å². The monoisotopic (exact) mass is 297 g/mol. The number of nitrogens with one attached hydrogen (secondary N) is 1. The summed E-state index contributed by atoms with van der Waals surface area (Å²) in [6, 6.07) is 0.816. The van der Waals surface area contributed by atoms with Crippen molar-refractivity contribution < 1.29 is 14.7 Å². The largest absolute Gasteiger partial charge is 0.480 e. The molecule has 0 radical (unpaired) electrons. The first-order valence-corrected chi connectivity index (χ1v) is 7.95. The van der Waals surface area contributed by atoms with Crippen LogP contribution in [0.5, 0.6) is 0 Å².